The molecule has 1 heteroatoms. The average Bonchev–Trinajstić information content (AvgIpc) is 2.67. The second-order valence-corrected chi connectivity index (χ2v) is 1.92. The topological polar surface area (TPSA) is 0 Å². The Balaban J connectivity index is 0.000000167. The predicted octanol–water partition coefficient (Wildman–Crippen LogP) is 2.63. The van der Waals surface area contributed by atoms with Gasteiger partial charge >= 0.3 is 0 Å². The third-order valence-electron chi connectivity index (χ3n) is 1.11. The van der Waals surface area contributed by atoms with Crippen molar-refractivity contribution in [1.29, 1.82) is 0 Å². The van der Waals surface area contributed by atoms with Gasteiger partial charge in [0.15, 0.2) is 0 Å². The maximum Gasteiger partial charge on any atom is 0.00506 e. The summed E-state index contributed by atoms with van der Waals surface area (Å²) in [4.78, 5) is 0. The van der Waals surface area contributed by atoms with E-state index in [1.165, 1.54) is 0 Å². The van der Waals surface area contributed by atoms with Gasteiger partial charge in [-0.25, -0.2) is 0 Å². The molecule has 0 saturated carbocycles. The minimum atomic E-state index is 0. The van der Waals surface area contributed by atoms with E-state index in [-0.39, 0.29) is 21.7 Å². The minimum absolute atomic E-state index is 0. The van der Waals surface area contributed by atoms with Crippen molar-refractivity contribution in [3.63, 3.8) is 0 Å². The largest absolute Gasteiger partial charge is 0.0767 e. The zero-order chi connectivity index (χ0) is 7.07. The van der Waals surface area contributed by atoms with Crippen LogP contribution in [0.25, 0.3) is 0 Å². The molecular formula is C10H10Ti. The quantitative estimate of drug-likeness (QED) is 0.500. The monoisotopic (exact) mass is 178 g/mol. The van der Waals surface area contributed by atoms with E-state index in [1.54, 1.807) is 0 Å². The Kier molecular flexibility index (Phi) is 7.55. The average molecular weight is 178 g/mol. The van der Waals surface area contributed by atoms with Crippen molar-refractivity contribution in [2.75, 3.05) is 0 Å². The molecular weight excluding hydrogens is 168 g/mol. The fourth-order valence-corrected chi connectivity index (χ4v) is 0.642. The van der Waals surface area contributed by atoms with E-state index >= 15 is 0 Å². The van der Waals surface area contributed by atoms with Gasteiger partial charge in [-0.2, -0.15) is 0 Å². The first-order chi connectivity index (χ1) is 5.00. The molecule has 0 spiro atoms. The standard InChI is InChI=1S/2C5H5.Ti/c2*1-2-4-5-3-1;/h2*1-5H;. The Morgan fingerprint density at radius 3 is 0.727 bits per heavy atom. The summed E-state index contributed by atoms with van der Waals surface area (Å²) >= 11 is 0. The minimum Gasteiger partial charge on any atom is -0.0767 e. The van der Waals surface area contributed by atoms with Gasteiger partial charge in [-0.1, -0.05) is 48.6 Å². The molecule has 2 aliphatic carbocycles. The molecule has 0 aliphatic heterocycles. The van der Waals surface area contributed by atoms with Crippen LogP contribution in [-0.4, -0.2) is 0 Å². The first kappa shape index (κ1) is 10.7. The van der Waals surface area contributed by atoms with Crippen LogP contribution in [0, 0.1) is 12.8 Å². The van der Waals surface area contributed by atoms with E-state index in [2.05, 4.69) is 0 Å². The Labute approximate surface area is 83.3 Å². The summed E-state index contributed by atoms with van der Waals surface area (Å²) < 4.78 is 0. The predicted molar refractivity (Wildman–Crippen MR) is 45.2 cm³/mol. The summed E-state index contributed by atoms with van der Waals surface area (Å²) in [6.45, 7) is 0. The maximum atomic E-state index is 2.00. The van der Waals surface area contributed by atoms with Gasteiger partial charge in [0.2, 0.25) is 0 Å². The van der Waals surface area contributed by atoms with E-state index < -0.39 is 0 Å². The Hall–Kier alpha value is -0.326. The first-order valence-corrected chi connectivity index (χ1v) is 3.33. The molecule has 0 heterocycles. The molecule has 54 valence electrons. The van der Waals surface area contributed by atoms with E-state index in [0.717, 1.165) is 0 Å². The van der Waals surface area contributed by atoms with Crippen LogP contribution in [0.2, 0.25) is 0 Å². The molecule has 0 nitrogen and oxygen atoms in total. The number of rotatable bonds is 0. The van der Waals surface area contributed by atoms with Gasteiger partial charge in [-0.3, -0.25) is 0 Å². The Bertz CT molecular complexity index is 143. The Morgan fingerprint density at radius 1 is 0.364 bits per heavy atom. The zero-order valence-electron chi connectivity index (χ0n) is 6.27. The van der Waals surface area contributed by atoms with E-state index in [0.29, 0.717) is 0 Å². The van der Waals surface area contributed by atoms with Crippen LogP contribution in [0.15, 0.2) is 48.6 Å². The summed E-state index contributed by atoms with van der Waals surface area (Å²) in [5.41, 5.74) is 0. The molecule has 0 aromatic carbocycles. The summed E-state index contributed by atoms with van der Waals surface area (Å²) in [5, 5.41) is 0. The molecule has 0 saturated heterocycles. The van der Waals surface area contributed by atoms with Gasteiger partial charge in [-0.05, 0) is 0 Å². The van der Waals surface area contributed by atoms with E-state index in [4.69, 9.17) is 0 Å². The van der Waals surface area contributed by atoms with Crippen LogP contribution in [0.3, 0.4) is 0 Å². The van der Waals surface area contributed by atoms with Crippen LogP contribution < -0.4 is 0 Å². The zero-order valence-corrected chi connectivity index (χ0v) is 7.84. The third-order valence-corrected chi connectivity index (χ3v) is 1.11. The second-order valence-electron chi connectivity index (χ2n) is 1.92. The fraction of sp³-hybridized carbons (Fsp3) is 0. The molecule has 0 unspecified atom stereocenters. The number of allylic oxidation sites excluding steroid dienone is 8. The van der Waals surface area contributed by atoms with Crippen molar-refractivity contribution < 1.29 is 21.7 Å². The van der Waals surface area contributed by atoms with Gasteiger partial charge < -0.3 is 0 Å². The molecule has 2 aliphatic rings. The van der Waals surface area contributed by atoms with Crippen molar-refractivity contribution in [2.24, 2.45) is 0 Å². The number of hydrogen-bond donors (Lipinski definition) is 0. The smallest absolute Gasteiger partial charge is 0.00506 e. The van der Waals surface area contributed by atoms with Crippen LogP contribution in [0.1, 0.15) is 0 Å². The van der Waals surface area contributed by atoms with Crippen LogP contribution in [-0.2, 0) is 21.7 Å². The summed E-state index contributed by atoms with van der Waals surface area (Å²) in [6.07, 6.45) is 20.0. The molecule has 0 amide bonds. The van der Waals surface area contributed by atoms with Crippen LogP contribution in [0.4, 0.5) is 0 Å². The van der Waals surface area contributed by atoms with Gasteiger partial charge in [0.1, 0.15) is 0 Å². The summed E-state index contributed by atoms with van der Waals surface area (Å²) in [6, 6.07) is 0. The summed E-state index contributed by atoms with van der Waals surface area (Å²) in [7, 11) is 0. The molecule has 0 aromatic heterocycles. The van der Waals surface area contributed by atoms with Gasteiger partial charge in [-0.15, -0.1) is 0 Å². The molecule has 2 radical (unpaired) electrons. The van der Waals surface area contributed by atoms with Gasteiger partial charge in [0.05, 0.1) is 0 Å². The second kappa shape index (κ2) is 7.78. The van der Waals surface area contributed by atoms with Crippen molar-refractivity contribution in [3.8, 4) is 0 Å². The molecule has 0 atom stereocenters. The van der Waals surface area contributed by atoms with Gasteiger partial charge in [0.25, 0.3) is 0 Å². The maximum absolute atomic E-state index is 2.00. The number of hydrogen-bond acceptors (Lipinski definition) is 0. The summed E-state index contributed by atoms with van der Waals surface area (Å²) in [5.74, 6) is 0. The van der Waals surface area contributed by atoms with Crippen molar-refractivity contribution in [3.05, 3.63) is 61.4 Å². The van der Waals surface area contributed by atoms with Gasteiger partial charge in [0, 0.05) is 34.6 Å². The normalized spacial score (nSPS) is 16.0. The molecule has 0 fully saturated rings. The molecule has 0 N–H and O–H groups in total. The third kappa shape index (κ3) is 6.09. The molecule has 2 rings (SSSR count). The molecule has 0 aromatic rings. The Morgan fingerprint density at radius 2 is 0.636 bits per heavy atom. The van der Waals surface area contributed by atoms with Crippen LogP contribution in [0.5, 0.6) is 0 Å². The first-order valence-electron chi connectivity index (χ1n) is 3.33. The van der Waals surface area contributed by atoms with E-state index in [9.17, 15) is 0 Å². The van der Waals surface area contributed by atoms with Crippen molar-refractivity contribution in [2.45, 2.75) is 0 Å². The van der Waals surface area contributed by atoms with Crippen LogP contribution >= 0.6 is 0 Å². The molecule has 0 bridgehead atoms. The molecule has 11 heavy (non-hydrogen) atoms. The SMILES string of the molecule is [CH]1C=CC=C1.[CH]1C=CC=C1.[Ti]. The van der Waals surface area contributed by atoms with Crippen molar-refractivity contribution >= 4 is 0 Å². The van der Waals surface area contributed by atoms with E-state index in [1.807, 2.05) is 61.4 Å². The fourth-order valence-electron chi connectivity index (χ4n) is 0.642. The van der Waals surface area contributed by atoms with Crippen molar-refractivity contribution in [1.82, 2.24) is 0 Å².